The Hall–Kier alpha value is -1.37. The maximum atomic E-state index is 12.5. The SMILES string of the molecule is FC(F)(F)c1cc(NC2CCCOCC2)ncn1. The van der Waals surface area contributed by atoms with Crippen molar-refractivity contribution >= 4 is 5.82 Å². The van der Waals surface area contributed by atoms with Crippen LogP contribution >= 0.6 is 0 Å². The molecule has 0 aromatic carbocycles. The van der Waals surface area contributed by atoms with E-state index in [1.54, 1.807) is 0 Å². The number of aromatic nitrogens is 2. The highest BCUT2D eigenvalue weighted by atomic mass is 19.4. The van der Waals surface area contributed by atoms with Gasteiger partial charge in [-0.25, -0.2) is 9.97 Å². The van der Waals surface area contributed by atoms with Gasteiger partial charge in [0.05, 0.1) is 0 Å². The summed E-state index contributed by atoms with van der Waals surface area (Å²) in [5.41, 5.74) is -0.926. The van der Waals surface area contributed by atoms with Crippen LogP contribution in [0.4, 0.5) is 19.0 Å². The fraction of sp³-hybridized carbons (Fsp3) is 0.636. The number of hydrogen-bond acceptors (Lipinski definition) is 4. The van der Waals surface area contributed by atoms with Gasteiger partial charge in [-0.05, 0) is 19.3 Å². The molecule has 7 heteroatoms. The van der Waals surface area contributed by atoms with Gasteiger partial charge in [0.15, 0.2) is 0 Å². The van der Waals surface area contributed by atoms with Crippen molar-refractivity contribution in [2.24, 2.45) is 0 Å². The fourth-order valence-corrected chi connectivity index (χ4v) is 1.85. The second-order valence-corrected chi connectivity index (χ2v) is 4.17. The molecule has 1 aromatic rings. The molecule has 1 aromatic heterocycles. The third-order valence-electron chi connectivity index (χ3n) is 2.76. The maximum Gasteiger partial charge on any atom is 0.433 e. The van der Waals surface area contributed by atoms with Crippen LogP contribution in [0.3, 0.4) is 0 Å². The molecular weight excluding hydrogens is 247 g/mol. The lowest BCUT2D eigenvalue weighted by molar-refractivity contribution is -0.141. The molecule has 18 heavy (non-hydrogen) atoms. The molecule has 2 rings (SSSR count). The Morgan fingerprint density at radius 3 is 2.83 bits per heavy atom. The molecule has 1 atom stereocenters. The zero-order valence-corrected chi connectivity index (χ0v) is 9.70. The zero-order valence-electron chi connectivity index (χ0n) is 9.70. The minimum Gasteiger partial charge on any atom is -0.381 e. The van der Waals surface area contributed by atoms with Gasteiger partial charge in [0, 0.05) is 25.3 Å². The topological polar surface area (TPSA) is 47.0 Å². The van der Waals surface area contributed by atoms with Crippen LogP contribution in [0, 0.1) is 0 Å². The lowest BCUT2D eigenvalue weighted by Crippen LogP contribution is -2.21. The first-order valence-electron chi connectivity index (χ1n) is 5.79. The van der Waals surface area contributed by atoms with Crippen LogP contribution in [0.25, 0.3) is 0 Å². The van der Waals surface area contributed by atoms with Crippen LogP contribution in [0.2, 0.25) is 0 Å². The molecule has 1 saturated heterocycles. The Labute approximate surface area is 103 Å². The van der Waals surface area contributed by atoms with E-state index in [2.05, 4.69) is 15.3 Å². The van der Waals surface area contributed by atoms with Crippen molar-refractivity contribution in [1.29, 1.82) is 0 Å². The number of nitrogens with one attached hydrogen (secondary N) is 1. The van der Waals surface area contributed by atoms with Gasteiger partial charge in [0.25, 0.3) is 0 Å². The normalized spacial score (nSPS) is 21.4. The summed E-state index contributed by atoms with van der Waals surface area (Å²) in [6.07, 6.45) is -0.976. The van der Waals surface area contributed by atoms with Gasteiger partial charge in [-0.3, -0.25) is 0 Å². The summed E-state index contributed by atoms with van der Waals surface area (Å²) in [4.78, 5) is 7.04. The van der Waals surface area contributed by atoms with Crippen molar-refractivity contribution in [3.63, 3.8) is 0 Å². The van der Waals surface area contributed by atoms with Crippen LogP contribution in [-0.4, -0.2) is 29.2 Å². The van der Waals surface area contributed by atoms with Crippen LogP contribution in [0.5, 0.6) is 0 Å². The number of alkyl halides is 3. The van der Waals surface area contributed by atoms with Gasteiger partial charge in [-0.2, -0.15) is 13.2 Å². The average molecular weight is 261 g/mol. The smallest absolute Gasteiger partial charge is 0.381 e. The van der Waals surface area contributed by atoms with E-state index in [-0.39, 0.29) is 11.9 Å². The van der Waals surface area contributed by atoms with E-state index in [0.29, 0.717) is 13.2 Å². The number of anilines is 1. The highest BCUT2D eigenvalue weighted by Crippen LogP contribution is 2.28. The van der Waals surface area contributed by atoms with E-state index in [0.717, 1.165) is 31.7 Å². The molecule has 1 aliphatic rings. The highest BCUT2D eigenvalue weighted by Gasteiger charge is 2.32. The van der Waals surface area contributed by atoms with Crippen molar-refractivity contribution in [1.82, 2.24) is 9.97 Å². The molecule has 2 heterocycles. The van der Waals surface area contributed by atoms with E-state index in [1.165, 1.54) is 0 Å². The van der Waals surface area contributed by atoms with Gasteiger partial charge >= 0.3 is 6.18 Å². The molecule has 0 bridgehead atoms. The Morgan fingerprint density at radius 2 is 2.06 bits per heavy atom. The summed E-state index contributed by atoms with van der Waals surface area (Å²) < 4.78 is 42.7. The number of hydrogen-bond donors (Lipinski definition) is 1. The molecule has 0 aliphatic carbocycles. The van der Waals surface area contributed by atoms with Crippen molar-refractivity contribution in [2.75, 3.05) is 18.5 Å². The van der Waals surface area contributed by atoms with Crippen molar-refractivity contribution < 1.29 is 17.9 Å². The van der Waals surface area contributed by atoms with Crippen molar-refractivity contribution in [3.8, 4) is 0 Å². The zero-order chi connectivity index (χ0) is 13.0. The third-order valence-corrected chi connectivity index (χ3v) is 2.76. The molecular formula is C11H14F3N3O. The van der Waals surface area contributed by atoms with E-state index < -0.39 is 11.9 Å². The first-order valence-corrected chi connectivity index (χ1v) is 5.79. The van der Waals surface area contributed by atoms with E-state index in [1.807, 2.05) is 0 Å². The molecule has 0 amide bonds. The number of halogens is 3. The Morgan fingerprint density at radius 1 is 1.22 bits per heavy atom. The Kier molecular flexibility index (Phi) is 4.00. The summed E-state index contributed by atoms with van der Waals surface area (Å²) in [5.74, 6) is 0.212. The third kappa shape index (κ3) is 3.56. The standard InChI is InChI=1S/C11H14F3N3O/c12-11(13,14)9-6-10(16-7-15-9)17-8-2-1-4-18-5-3-8/h6-8H,1-5H2,(H,15,16,17). The first-order chi connectivity index (χ1) is 8.55. The van der Waals surface area contributed by atoms with E-state index >= 15 is 0 Å². The Bertz CT molecular complexity index is 389. The summed E-state index contributed by atoms with van der Waals surface area (Å²) in [7, 11) is 0. The van der Waals surface area contributed by atoms with Crippen molar-refractivity contribution in [3.05, 3.63) is 18.1 Å². The largest absolute Gasteiger partial charge is 0.433 e. The van der Waals surface area contributed by atoms with Crippen LogP contribution in [0.1, 0.15) is 25.0 Å². The number of ether oxygens (including phenoxy) is 1. The molecule has 1 N–H and O–H groups in total. The monoisotopic (exact) mass is 261 g/mol. The predicted molar refractivity (Wildman–Crippen MR) is 59.1 cm³/mol. The molecule has 0 spiro atoms. The summed E-state index contributed by atoms with van der Waals surface area (Å²) >= 11 is 0. The first kappa shape index (κ1) is 13.1. The lowest BCUT2D eigenvalue weighted by atomic mass is 10.1. The minimum absolute atomic E-state index is 0.100. The number of rotatable bonds is 2. The highest BCUT2D eigenvalue weighted by molar-refractivity contribution is 5.36. The van der Waals surface area contributed by atoms with Crippen LogP contribution < -0.4 is 5.32 Å². The maximum absolute atomic E-state index is 12.5. The minimum atomic E-state index is -4.44. The van der Waals surface area contributed by atoms with Crippen LogP contribution in [-0.2, 0) is 10.9 Å². The summed E-state index contributed by atoms with van der Waals surface area (Å²) in [5, 5.41) is 3.00. The molecule has 4 nitrogen and oxygen atoms in total. The second kappa shape index (κ2) is 5.51. The quantitative estimate of drug-likeness (QED) is 0.888. The molecule has 1 unspecified atom stereocenters. The van der Waals surface area contributed by atoms with Crippen LogP contribution in [0.15, 0.2) is 12.4 Å². The van der Waals surface area contributed by atoms with Gasteiger partial charge in [0.2, 0.25) is 0 Å². The molecule has 1 aliphatic heterocycles. The predicted octanol–water partition coefficient (Wildman–Crippen LogP) is 2.48. The van der Waals surface area contributed by atoms with Gasteiger partial charge in [0.1, 0.15) is 17.8 Å². The summed E-state index contributed by atoms with van der Waals surface area (Å²) in [6.45, 7) is 1.32. The van der Waals surface area contributed by atoms with E-state index in [4.69, 9.17) is 4.74 Å². The lowest BCUT2D eigenvalue weighted by Gasteiger charge is -2.16. The van der Waals surface area contributed by atoms with Gasteiger partial charge < -0.3 is 10.1 Å². The molecule has 0 radical (unpaired) electrons. The van der Waals surface area contributed by atoms with Crippen molar-refractivity contribution in [2.45, 2.75) is 31.5 Å². The second-order valence-electron chi connectivity index (χ2n) is 4.17. The summed E-state index contributed by atoms with van der Waals surface area (Å²) in [6, 6.07) is 1.04. The van der Waals surface area contributed by atoms with Gasteiger partial charge in [-0.1, -0.05) is 0 Å². The average Bonchev–Trinajstić information content (AvgIpc) is 2.57. The Balaban J connectivity index is 2.04. The van der Waals surface area contributed by atoms with Gasteiger partial charge in [-0.15, -0.1) is 0 Å². The molecule has 0 saturated carbocycles. The van der Waals surface area contributed by atoms with E-state index in [9.17, 15) is 13.2 Å². The fourth-order valence-electron chi connectivity index (χ4n) is 1.85. The number of nitrogens with zero attached hydrogens (tertiary/aromatic N) is 2. The molecule has 100 valence electrons. The molecule has 1 fully saturated rings.